The van der Waals surface area contributed by atoms with Gasteiger partial charge in [-0.05, 0) is 67.6 Å². The van der Waals surface area contributed by atoms with Crippen LogP contribution in [0, 0.1) is 0 Å². The van der Waals surface area contributed by atoms with Crippen LogP contribution in [0.2, 0.25) is 5.02 Å². The van der Waals surface area contributed by atoms with Gasteiger partial charge in [-0.1, -0.05) is 11.6 Å². The number of nitrogens with one attached hydrogen (secondary N) is 1. The lowest BCUT2D eigenvalue weighted by Gasteiger charge is -2.43. The third-order valence-electron chi connectivity index (χ3n) is 5.38. The van der Waals surface area contributed by atoms with Crippen LogP contribution < -0.4 is 10.2 Å². The van der Waals surface area contributed by atoms with Crippen molar-refractivity contribution in [1.29, 1.82) is 0 Å². The van der Waals surface area contributed by atoms with Gasteiger partial charge in [0.05, 0.1) is 10.6 Å². The zero-order valence-corrected chi connectivity index (χ0v) is 18.4. The zero-order chi connectivity index (χ0) is 20.4. The number of halogens is 1. The predicted octanol–water partition coefficient (Wildman–Crippen LogP) is 5.17. The maximum atomic E-state index is 12.7. The maximum Gasteiger partial charge on any atom is 0.321 e. The van der Waals surface area contributed by atoms with E-state index < -0.39 is 0 Å². The van der Waals surface area contributed by atoms with Gasteiger partial charge in [0.1, 0.15) is 0 Å². The molecule has 2 aliphatic heterocycles. The number of amides is 3. The van der Waals surface area contributed by atoms with E-state index in [1.54, 1.807) is 23.5 Å². The van der Waals surface area contributed by atoms with Gasteiger partial charge in [-0.25, -0.2) is 4.79 Å². The molecule has 0 unspecified atom stereocenters. The van der Waals surface area contributed by atoms with Crippen molar-refractivity contribution in [1.82, 2.24) is 4.90 Å². The molecule has 1 spiro atoms. The highest BCUT2D eigenvalue weighted by Crippen LogP contribution is 2.46. The fourth-order valence-electron chi connectivity index (χ4n) is 3.83. The minimum absolute atomic E-state index is 0.0934. The second kappa shape index (κ2) is 8.50. The molecule has 8 heteroatoms. The van der Waals surface area contributed by atoms with Gasteiger partial charge < -0.3 is 10.2 Å². The molecule has 0 aliphatic carbocycles. The molecular formula is C21H22ClN3O2S2. The summed E-state index contributed by atoms with van der Waals surface area (Å²) in [5.74, 6) is 0.584. The van der Waals surface area contributed by atoms with Crippen LogP contribution in [0.3, 0.4) is 0 Å². The summed E-state index contributed by atoms with van der Waals surface area (Å²) in [7, 11) is 0. The van der Waals surface area contributed by atoms with Crippen molar-refractivity contribution in [2.75, 3.05) is 35.3 Å². The molecule has 0 saturated carbocycles. The van der Waals surface area contributed by atoms with E-state index in [1.165, 1.54) is 0 Å². The van der Waals surface area contributed by atoms with Crippen molar-refractivity contribution in [3.63, 3.8) is 0 Å². The van der Waals surface area contributed by atoms with Gasteiger partial charge in [0.2, 0.25) is 5.91 Å². The predicted molar refractivity (Wildman–Crippen MR) is 122 cm³/mol. The summed E-state index contributed by atoms with van der Waals surface area (Å²) in [5.41, 5.74) is 1.66. The number of benzene rings is 2. The smallest absolute Gasteiger partial charge is 0.321 e. The lowest BCUT2D eigenvalue weighted by molar-refractivity contribution is -0.116. The summed E-state index contributed by atoms with van der Waals surface area (Å²) in [6, 6.07) is 15.1. The third-order valence-corrected chi connectivity index (χ3v) is 7.89. The molecule has 3 amide bonds. The van der Waals surface area contributed by atoms with E-state index in [4.69, 9.17) is 11.6 Å². The Morgan fingerprint density at radius 3 is 2.38 bits per heavy atom. The number of hydrogen-bond donors (Lipinski definition) is 1. The Bertz CT molecular complexity index is 897. The van der Waals surface area contributed by atoms with Crippen molar-refractivity contribution < 1.29 is 9.59 Å². The number of nitrogens with zero attached hydrogens (tertiary/aromatic N) is 2. The Labute approximate surface area is 184 Å². The number of thioether (sulfide) groups is 2. The summed E-state index contributed by atoms with van der Waals surface area (Å²) in [6.07, 6.45) is 3.51. The van der Waals surface area contributed by atoms with Crippen molar-refractivity contribution in [2.45, 2.75) is 22.6 Å². The van der Waals surface area contributed by atoms with Gasteiger partial charge >= 0.3 is 6.03 Å². The Hall–Kier alpha value is -1.83. The highest BCUT2D eigenvalue weighted by atomic mass is 35.5. The molecule has 152 valence electrons. The number of anilines is 2. The van der Waals surface area contributed by atoms with Crippen LogP contribution in [0.15, 0.2) is 53.4 Å². The molecule has 0 aromatic heterocycles. The van der Waals surface area contributed by atoms with E-state index in [2.05, 4.69) is 5.32 Å². The van der Waals surface area contributed by atoms with E-state index in [-0.39, 0.29) is 16.8 Å². The second-order valence-electron chi connectivity index (χ2n) is 7.09. The standard InChI is InChI=1S/C21H22ClN3O2S2/c1-28-18-8-4-16(5-9-18)23-20(27)24-12-10-21(11-13-24)25(19(26)14-29-21)17-6-2-15(22)3-7-17/h2-9H,10-14H2,1H3,(H,23,27). The van der Waals surface area contributed by atoms with Crippen molar-refractivity contribution in [2.24, 2.45) is 0 Å². The highest BCUT2D eigenvalue weighted by Gasteiger charge is 2.49. The fraction of sp³-hybridized carbons (Fsp3) is 0.333. The van der Waals surface area contributed by atoms with E-state index >= 15 is 0 Å². The largest absolute Gasteiger partial charge is 0.324 e. The van der Waals surface area contributed by atoms with Crippen LogP contribution in [-0.4, -0.2) is 46.8 Å². The first-order valence-electron chi connectivity index (χ1n) is 9.43. The van der Waals surface area contributed by atoms with Crippen molar-refractivity contribution in [3.8, 4) is 0 Å². The van der Waals surface area contributed by atoms with Crippen LogP contribution in [-0.2, 0) is 4.79 Å². The highest BCUT2D eigenvalue weighted by molar-refractivity contribution is 8.02. The average molecular weight is 448 g/mol. The molecule has 5 nitrogen and oxygen atoms in total. The lowest BCUT2D eigenvalue weighted by Crippen LogP contribution is -2.53. The van der Waals surface area contributed by atoms with E-state index in [0.29, 0.717) is 23.9 Å². The normalized spacial score (nSPS) is 18.3. The van der Waals surface area contributed by atoms with Crippen LogP contribution in [0.1, 0.15) is 12.8 Å². The van der Waals surface area contributed by atoms with Gasteiger partial charge in [0.25, 0.3) is 0 Å². The molecular weight excluding hydrogens is 426 g/mol. The lowest BCUT2D eigenvalue weighted by atomic mass is 10.0. The number of urea groups is 1. The quantitative estimate of drug-likeness (QED) is 0.660. The number of rotatable bonds is 3. The molecule has 0 bridgehead atoms. The van der Waals surface area contributed by atoms with Crippen LogP contribution in [0.4, 0.5) is 16.2 Å². The number of carbonyl (C=O) groups is 2. The molecule has 0 atom stereocenters. The first kappa shape index (κ1) is 20.4. The maximum absolute atomic E-state index is 12.7. The second-order valence-corrected chi connectivity index (χ2v) is 9.74. The topological polar surface area (TPSA) is 52.7 Å². The van der Waals surface area contributed by atoms with Gasteiger partial charge in [0, 0.05) is 34.4 Å². The first-order valence-corrected chi connectivity index (χ1v) is 12.0. The Balaban J connectivity index is 1.42. The molecule has 0 radical (unpaired) electrons. The van der Waals surface area contributed by atoms with Crippen LogP contribution in [0.25, 0.3) is 0 Å². The molecule has 2 aliphatic rings. The zero-order valence-electron chi connectivity index (χ0n) is 16.1. The summed E-state index contributed by atoms with van der Waals surface area (Å²) in [4.78, 5) is 29.9. The first-order chi connectivity index (χ1) is 14.0. The molecule has 2 fully saturated rings. The summed E-state index contributed by atoms with van der Waals surface area (Å²) in [6.45, 7) is 1.22. The molecule has 2 saturated heterocycles. The van der Waals surface area contributed by atoms with E-state index in [0.717, 1.165) is 29.1 Å². The SMILES string of the molecule is CSc1ccc(NC(=O)N2CCC3(CC2)SCC(=O)N3c2ccc(Cl)cc2)cc1. The van der Waals surface area contributed by atoms with Gasteiger partial charge in [-0.15, -0.1) is 23.5 Å². The Morgan fingerprint density at radius 2 is 1.76 bits per heavy atom. The molecule has 1 N–H and O–H groups in total. The number of carbonyl (C=O) groups excluding carboxylic acids is 2. The minimum atomic E-state index is -0.290. The van der Waals surface area contributed by atoms with Crippen LogP contribution in [0.5, 0.6) is 0 Å². The molecule has 2 heterocycles. The summed E-state index contributed by atoms with van der Waals surface area (Å²) >= 11 is 9.36. The van der Waals surface area contributed by atoms with Crippen LogP contribution >= 0.6 is 35.1 Å². The minimum Gasteiger partial charge on any atom is -0.324 e. The Kier molecular flexibility index (Phi) is 5.99. The van der Waals surface area contributed by atoms with Crippen molar-refractivity contribution >= 4 is 58.4 Å². The van der Waals surface area contributed by atoms with Gasteiger partial charge in [-0.3, -0.25) is 9.69 Å². The van der Waals surface area contributed by atoms with Crippen molar-refractivity contribution in [3.05, 3.63) is 53.6 Å². The summed E-state index contributed by atoms with van der Waals surface area (Å²) < 4.78 is 0. The molecule has 4 rings (SSSR count). The molecule has 29 heavy (non-hydrogen) atoms. The van der Waals surface area contributed by atoms with Gasteiger partial charge in [0.15, 0.2) is 0 Å². The summed E-state index contributed by atoms with van der Waals surface area (Å²) in [5, 5.41) is 3.63. The molecule has 2 aromatic carbocycles. The third kappa shape index (κ3) is 4.22. The number of piperidine rings is 1. The molecule has 2 aromatic rings. The fourth-order valence-corrected chi connectivity index (χ4v) is 5.69. The monoisotopic (exact) mass is 447 g/mol. The van der Waals surface area contributed by atoms with E-state index in [1.807, 2.05) is 64.6 Å². The average Bonchev–Trinajstić information content (AvgIpc) is 3.05. The Morgan fingerprint density at radius 1 is 1.10 bits per heavy atom. The number of likely N-dealkylation sites (tertiary alicyclic amines) is 1. The number of hydrogen-bond acceptors (Lipinski definition) is 4. The van der Waals surface area contributed by atoms with Gasteiger partial charge in [-0.2, -0.15) is 0 Å². The van der Waals surface area contributed by atoms with E-state index in [9.17, 15) is 9.59 Å².